The predicted octanol–water partition coefficient (Wildman–Crippen LogP) is 1.61. The number of hydrogen-bond acceptors (Lipinski definition) is 4. The van der Waals surface area contributed by atoms with Gasteiger partial charge < -0.3 is 5.11 Å². The zero-order valence-corrected chi connectivity index (χ0v) is 10.6. The van der Waals surface area contributed by atoms with Crippen molar-refractivity contribution in [1.82, 2.24) is 20.0 Å². The lowest BCUT2D eigenvalue weighted by molar-refractivity contribution is 0.0689. The Kier molecular flexibility index (Phi) is 2.77. The van der Waals surface area contributed by atoms with Gasteiger partial charge in [-0.1, -0.05) is 11.3 Å². The van der Waals surface area contributed by atoms with Crippen molar-refractivity contribution < 1.29 is 9.90 Å². The third-order valence-corrected chi connectivity index (χ3v) is 3.20. The monoisotopic (exact) mass is 258 g/mol. The Morgan fingerprint density at radius 2 is 2.26 bits per heavy atom. The molecule has 0 unspecified atom stereocenters. The number of rotatable bonds is 4. The van der Waals surface area contributed by atoms with Crippen molar-refractivity contribution in [2.24, 2.45) is 0 Å². The lowest BCUT2D eigenvalue weighted by Gasteiger charge is -2.06. The van der Waals surface area contributed by atoms with Gasteiger partial charge in [0.05, 0.1) is 17.9 Å². The van der Waals surface area contributed by atoms with Crippen LogP contribution in [0.25, 0.3) is 0 Å². The molecule has 0 spiro atoms. The summed E-state index contributed by atoms with van der Waals surface area (Å²) in [5.41, 5.74) is 2.61. The van der Waals surface area contributed by atoms with E-state index >= 15 is 0 Å². The maximum atomic E-state index is 11.1. The maximum absolute atomic E-state index is 11.1. The van der Waals surface area contributed by atoms with Crippen molar-refractivity contribution >= 4 is 5.97 Å². The van der Waals surface area contributed by atoms with Crippen LogP contribution in [0.2, 0.25) is 0 Å². The highest BCUT2D eigenvalue weighted by molar-refractivity contribution is 5.86. The van der Waals surface area contributed by atoms with Crippen LogP contribution in [-0.2, 0) is 6.54 Å². The van der Waals surface area contributed by atoms with Crippen LogP contribution in [0.1, 0.15) is 46.3 Å². The Morgan fingerprint density at radius 1 is 1.47 bits per heavy atom. The van der Waals surface area contributed by atoms with Crippen LogP contribution in [0, 0.1) is 6.92 Å². The molecule has 1 fully saturated rings. The Balaban J connectivity index is 1.94. The van der Waals surface area contributed by atoms with Crippen LogP contribution in [0.3, 0.4) is 0 Å². The number of aromatic nitrogens is 4. The van der Waals surface area contributed by atoms with Crippen molar-refractivity contribution in [2.45, 2.75) is 32.2 Å². The van der Waals surface area contributed by atoms with E-state index in [4.69, 9.17) is 5.11 Å². The minimum Gasteiger partial charge on any atom is -0.476 e. The van der Waals surface area contributed by atoms with E-state index in [-0.39, 0.29) is 11.6 Å². The van der Waals surface area contributed by atoms with Crippen LogP contribution < -0.4 is 0 Å². The lowest BCUT2D eigenvalue weighted by Crippen LogP contribution is -2.09. The minimum atomic E-state index is -1.01. The summed E-state index contributed by atoms with van der Waals surface area (Å²) >= 11 is 0. The fraction of sp³-hybridized carbons (Fsp3) is 0.385. The Labute approximate surface area is 110 Å². The first-order valence-corrected chi connectivity index (χ1v) is 6.24. The molecular formula is C13H14N4O2. The molecule has 0 aromatic carbocycles. The number of carbonyl (C=O) groups is 1. The zero-order valence-electron chi connectivity index (χ0n) is 10.6. The van der Waals surface area contributed by atoms with Gasteiger partial charge in [-0.15, -0.1) is 5.10 Å². The molecule has 0 atom stereocenters. The molecule has 1 saturated carbocycles. The number of hydrogen-bond donors (Lipinski definition) is 1. The summed E-state index contributed by atoms with van der Waals surface area (Å²) in [5.74, 6) is -0.726. The van der Waals surface area contributed by atoms with E-state index in [0.29, 0.717) is 6.54 Å². The normalized spacial score (nSPS) is 14.6. The van der Waals surface area contributed by atoms with Crippen LogP contribution in [0.5, 0.6) is 0 Å². The molecule has 19 heavy (non-hydrogen) atoms. The van der Waals surface area contributed by atoms with Gasteiger partial charge in [-0.25, -0.2) is 9.48 Å². The molecule has 0 aliphatic heterocycles. The largest absolute Gasteiger partial charge is 0.476 e. The molecule has 1 aliphatic carbocycles. The van der Waals surface area contributed by atoms with E-state index in [9.17, 15) is 4.79 Å². The summed E-state index contributed by atoms with van der Waals surface area (Å²) < 4.78 is 1.67. The van der Waals surface area contributed by atoms with Crippen molar-refractivity contribution in [1.29, 1.82) is 0 Å². The predicted molar refractivity (Wildman–Crippen MR) is 67.0 cm³/mol. The van der Waals surface area contributed by atoms with E-state index in [1.807, 2.05) is 25.1 Å². The molecular weight excluding hydrogens is 244 g/mol. The van der Waals surface area contributed by atoms with Crippen LogP contribution >= 0.6 is 0 Å². The molecule has 98 valence electrons. The third-order valence-electron chi connectivity index (χ3n) is 3.20. The molecule has 6 heteroatoms. The van der Waals surface area contributed by atoms with Gasteiger partial charge in [0.15, 0.2) is 5.69 Å². The standard InChI is InChI=1S/C13H14N4O2/c1-8-3-2-4-10(14-8)7-17-12(9-5-6-9)11(13(18)19)15-16-17/h2-4,9H,5-7H2,1H3,(H,18,19). The summed E-state index contributed by atoms with van der Waals surface area (Å²) in [6, 6.07) is 5.77. The molecule has 0 bridgehead atoms. The molecule has 0 radical (unpaired) electrons. The molecule has 2 aromatic heterocycles. The number of aromatic carboxylic acids is 1. The first-order valence-electron chi connectivity index (χ1n) is 6.24. The second-order valence-electron chi connectivity index (χ2n) is 4.83. The van der Waals surface area contributed by atoms with E-state index in [1.165, 1.54) is 0 Å². The molecule has 2 aromatic rings. The van der Waals surface area contributed by atoms with Gasteiger partial charge in [0.2, 0.25) is 0 Å². The molecule has 6 nitrogen and oxygen atoms in total. The van der Waals surface area contributed by atoms with Crippen molar-refractivity contribution in [2.75, 3.05) is 0 Å². The molecule has 0 amide bonds. The highest BCUT2D eigenvalue weighted by Crippen LogP contribution is 2.41. The number of pyridine rings is 1. The van der Waals surface area contributed by atoms with Gasteiger partial charge in [-0.05, 0) is 31.9 Å². The molecule has 2 heterocycles. The fourth-order valence-corrected chi connectivity index (χ4v) is 2.19. The van der Waals surface area contributed by atoms with Gasteiger partial charge >= 0.3 is 5.97 Å². The van der Waals surface area contributed by atoms with Crippen LogP contribution in [0.15, 0.2) is 18.2 Å². The van der Waals surface area contributed by atoms with E-state index in [2.05, 4.69) is 15.3 Å². The topological polar surface area (TPSA) is 80.9 Å². The van der Waals surface area contributed by atoms with Gasteiger partial charge in [-0.3, -0.25) is 4.98 Å². The summed E-state index contributed by atoms with van der Waals surface area (Å²) in [6.07, 6.45) is 2.02. The van der Waals surface area contributed by atoms with Gasteiger partial charge in [0.25, 0.3) is 0 Å². The number of aryl methyl sites for hydroxylation is 1. The minimum absolute atomic E-state index is 0.0788. The summed E-state index contributed by atoms with van der Waals surface area (Å²) in [7, 11) is 0. The van der Waals surface area contributed by atoms with Crippen molar-refractivity contribution in [3.8, 4) is 0 Å². The van der Waals surface area contributed by atoms with E-state index < -0.39 is 5.97 Å². The molecule has 0 saturated heterocycles. The number of carboxylic acids is 1. The Hall–Kier alpha value is -2.24. The third kappa shape index (κ3) is 2.33. The quantitative estimate of drug-likeness (QED) is 0.901. The molecule has 1 aliphatic rings. The first kappa shape index (κ1) is 11.8. The van der Waals surface area contributed by atoms with Gasteiger partial charge in [-0.2, -0.15) is 0 Å². The first-order chi connectivity index (χ1) is 9.15. The second-order valence-corrected chi connectivity index (χ2v) is 4.83. The SMILES string of the molecule is Cc1cccc(Cn2nnc(C(=O)O)c2C2CC2)n1. The molecule has 3 rings (SSSR count). The van der Waals surface area contributed by atoms with Gasteiger partial charge in [0, 0.05) is 11.6 Å². The van der Waals surface area contributed by atoms with E-state index in [1.54, 1.807) is 4.68 Å². The van der Waals surface area contributed by atoms with E-state index in [0.717, 1.165) is 29.9 Å². The maximum Gasteiger partial charge on any atom is 0.358 e. The van der Waals surface area contributed by atoms with Crippen LogP contribution in [0.4, 0.5) is 0 Å². The Morgan fingerprint density at radius 3 is 2.89 bits per heavy atom. The summed E-state index contributed by atoms with van der Waals surface area (Å²) in [4.78, 5) is 15.5. The number of nitrogens with zero attached hydrogens (tertiary/aromatic N) is 4. The average Bonchev–Trinajstić information content (AvgIpc) is 3.11. The zero-order chi connectivity index (χ0) is 13.4. The van der Waals surface area contributed by atoms with Crippen molar-refractivity contribution in [3.63, 3.8) is 0 Å². The fourth-order valence-electron chi connectivity index (χ4n) is 2.19. The highest BCUT2D eigenvalue weighted by Gasteiger charge is 2.33. The molecule has 1 N–H and O–H groups in total. The number of carboxylic acid groups (broad SMARTS) is 1. The smallest absolute Gasteiger partial charge is 0.358 e. The van der Waals surface area contributed by atoms with Crippen LogP contribution in [-0.4, -0.2) is 31.1 Å². The summed E-state index contributed by atoms with van der Waals surface area (Å²) in [6.45, 7) is 2.39. The Bertz CT molecular complexity index is 631. The summed E-state index contributed by atoms with van der Waals surface area (Å²) in [5, 5.41) is 16.9. The van der Waals surface area contributed by atoms with Gasteiger partial charge in [0.1, 0.15) is 0 Å². The van der Waals surface area contributed by atoms with Crippen molar-refractivity contribution in [3.05, 3.63) is 41.0 Å². The lowest BCUT2D eigenvalue weighted by atomic mass is 10.2. The second kappa shape index (κ2) is 4.46. The average molecular weight is 258 g/mol. The highest BCUT2D eigenvalue weighted by atomic mass is 16.4.